The largest absolute Gasteiger partial charge is 0.314 e. The third-order valence-electron chi connectivity index (χ3n) is 2.19. The van der Waals surface area contributed by atoms with Gasteiger partial charge < -0.3 is 5.32 Å². The first kappa shape index (κ1) is 12.9. The summed E-state index contributed by atoms with van der Waals surface area (Å²) in [5.41, 5.74) is 0.806. The summed E-state index contributed by atoms with van der Waals surface area (Å²) in [6.45, 7) is 4.78. The molecule has 0 heterocycles. The van der Waals surface area contributed by atoms with Gasteiger partial charge >= 0.3 is 0 Å². The predicted molar refractivity (Wildman–Crippen MR) is 64.9 cm³/mol. The molecule has 1 N–H and O–H groups in total. The predicted octanol–water partition coefficient (Wildman–Crippen LogP) is 2.79. The van der Waals surface area contributed by atoms with Crippen molar-refractivity contribution in [3.05, 3.63) is 38.9 Å². The van der Waals surface area contributed by atoms with Gasteiger partial charge in [-0.3, -0.25) is 10.1 Å². The van der Waals surface area contributed by atoms with Crippen LogP contribution in [0.4, 0.5) is 5.69 Å². The Hall–Kier alpha value is -1.13. The summed E-state index contributed by atoms with van der Waals surface area (Å²) in [6, 6.07) is 5.02. The SMILES string of the molecule is CC(C)NCCc1cc(Cl)ccc1[N+](=O)[O-]. The van der Waals surface area contributed by atoms with Crippen molar-refractivity contribution in [2.75, 3.05) is 6.54 Å². The summed E-state index contributed by atoms with van der Waals surface area (Å²) in [4.78, 5) is 10.4. The molecule has 0 radical (unpaired) electrons. The van der Waals surface area contributed by atoms with E-state index < -0.39 is 0 Å². The Bertz CT molecular complexity index is 380. The molecule has 0 amide bonds. The number of hydrogen-bond donors (Lipinski definition) is 1. The van der Waals surface area contributed by atoms with Gasteiger partial charge in [-0.15, -0.1) is 0 Å². The maximum Gasteiger partial charge on any atom is 0.272 e. The first-order valence-electron chi connectivity index (χ1n) is 5.17. The van der Waals surface area contributed by atoms with Crippen LogP contribution in [0.5, 0.6) is 0 Å². The van der Waals surface area contributed by atoms with Crippen LogP contribution in [0.15, 0.2) is 18.2 Å². The van der Waals surface area contributed by atoms with E-state index in [4.69, 9.17) is 11.6 Å². The number of hydrogen-bond acceptors (Lipinski definition) is 3. The second kappa shape index (κ2) is 5.82. The minimum absolute atomic E-state index is 0.134. The normalized spacial score (nSPS) is 10.8. The van der Waals surface area contributed by atoms with E-state index in [0.29, 0.717) is 29.6 Å². The van der Waals surface area contributed by atoms with Crippen molar-refractivity contribution in [2.24, 2.45) is 0 Å². The summed E-state index contributed by atoms with van der Waals surface area (Å²) >= 11 is 5.82. The fourth-order valence-corrected chi connectivity index (χ4v) is 1.62. The van der Waals surface area contributed by atoms with Crippen molar-refractivity contribution in [1.82, 2.24) is 5.32 Å². The highest BCUT2D eigenvalue weighted by molar-refractivity contribution is 6.30. The molecular formula is C11H15ClN2O2. The summed E-state index contributed by atoms with van der Waals surface area (Å²) in [6.07, 6.45) is 0.606. The van der Waals surface area contributed by atoms with Gasteiger partial charge in [0, 0.05) is 22.7 Å². The molecule has 1 aromatic carbocycles. The van der Waals surface area contributed by atoms with Crippen LogP contribution < -0.4 is 5.32 Å². The van der Waals surface area contributed by atoms with Gasteiger partial charge in [-0.2, -0.15) is 0 Å². The molecule has 0 unspecified atom stereocenters. The van der Waals surface area contributed by atoms with E-state index in [1.54, 1.807) is 12.1 Å². The van der Waals surface area contributed by atoms with Crippen molar-refractivity contribution in [3.63, 3.8) is 0 Å². The zero-order valence-corrected chi connectivity index (χ0v) is 10.1. The monoisotopic (exact) mass is 242 g/mol. The van der Waals surface area contributed by atoms with Crippen LogP contribution in [0, 0.1) is 10.1 Å². The minimum atomic E-state index is -0.374. The Morgan fingerprint density at radius 1 is 1.50 bits per heavy atom. The Balaban J connectivity index is 2.76. The second-order valence-corrected chi connectivity index (χ2v) is 4.33. The van der Waals surface area contributed by atoms with Crippen LogP contribution in [0.25, 0.3) is 0 Å². The van der Waals surface area contributed by atoms with E-state index in [9.17, 15) is 10.1 Å². The number of nitrogens with one attached hydrogen (secondary N) is 1. The molecule has 0 aliphatic heterocycles. The number of rotatable bonds is 5. The van der Waals surface area contributed by atoms with Gasteiger partial charge in [0.25, 0.3) is 5.69 Å². The minimum Gasteiger partial charge on any atom is -0.314 e. The number of benzene rings is 1. The second-order valence-electron chi connectivity index (χ2n) is 3.89. The Labute approximate surface area is 99.8 Å². The van der Waals surface area contributed by atoms with Crippen molar-refractivity contribution in [1.29, 1.82) is 0 Å². The average molecular weight is 243 g/mol. The van der Waals surface area contributed by atoms with Gasteiger partial charge in [-0.25, -0.2) is 0 Å². The standard InChI is InChI=1S/C11H15ClN2O2/c1-8(2)13-6-5-9-7-10(12)3-4-11(9)14(15)16/h3-4,7-8,13H,5-6H2,1-2H3. The van der Waals surface area contributed by atoms with Gasteiger partial charge in [-0.1, -0.05) is 25.4 Å². The molecule has 0 bridgehead atoms. The van der Waals surface area contributed by atoms with Crippen LogP contribution in [0.2, 0.25) is 5.02 Å². The van der Waals surface area contributed by atoms with Crippen molar-refractivity contribution in [3.8, 4) is 0 Å². The van der Waals surface area contributed by atoms with Crippen molar-refractivity contribution >= 4 is 17.3 Å². The molecule has 1 aromatic rings. The summed E-state index contributed by atoms with van der Waals surface area (Å²) in [7, 11) is 0. The molecule has 1 rings (SSSR count). The first-order chi connectivity index (χ1) is 7.50. The van der Waals surface area contributed by atoms with Gasteiger partial charge in [0.1, 0.15) is 0 Å². The molecule has 88 valence electrons. The van der Waals surface area contributed by atoms with Gasteiger partial charge in [0.15, 0.2) is 0 Å². The summed E-state index contributed by atoms with van der Waals surface area (Å²) < 4.78 is 0. The number of nitrogens with zero attached hydrogens (tertiary/aromatic N) is 1. The summed E-state index contributed by atoms with van der Waals surface area (Å²) in [5, 5.41) is 14.5. The lowest BCUT2D eigenvalue weighted by Crippen LogP contribution is -2.25. The average Bonchev–Trinajstić information content (AvgIpc) is 2.16. The van der Waals surface area contributed by atoms with E-state index in [1.807, 2.05) is 13.8 Å². The molecule has 0 fully saturated rings. The van der Waals surface area contributed by atoms with Crippen LogP contribution in [0.3, 0.4) is 0 Å². The maximum atomic E-state index is 10.8. The molecule has 4 nitrogen and oxygen atoms in total. The van der Waals surface area contributed by atoms with Crippen LogP contribution in [-0.4, -0.2) is 17.5 Å². The zero-order valence-electron chi connectivity index (χ0n) is 9.37. The number of nitro groups is 1. The molecule has 5 heteroatoms. The highest BCUT2D eigenvalue weighted by atomic mass is 35.5. The van der Waals surface area contributed by atoms with E-state index in [1.165, 1.54) is 6.07 Å². The fraction of sp³-hybridized carbons (Fsp3) is 0.455. The topological polar surface area (TPSA) is 55.2 Å². The Kier molecular flexibility index (Phi) is 4.71. The van der Waals surface area contributed by atoms with Crippen LogP contribution >= 0.6 is 11.6 Å². The van der Waals surface area contributed by atoms with Crippen LogP contribution in [0.1, 0.15) is 19.4 Å². The molecule has 0 aromatic heterocycles. The Morgan fingerprint density at radius 3 is 2.75 bits per heavy atom. The molecule has 0 atom stereocenters. The third kappa shape index (κ3) is 3.79. The maximum absolute atomic E-state index is 10.8. The van der Waals surface area contributed by atoms with Gasteiger partial charge in [-0.05, 0) is 25.1 Å². The quantitative estimate of drug-likeness (QED) is 0.638. The molecule has 0 saturated heterocycles. The molecule has 0 aliphatic carbocycles. The van der Waals surface area contributed by atoms with Gasteiger partial charge in [0.2, 0.25) is 0 Å². The molecule has 16 heavy (non-hydrogen) atoms. The lowest BCUT2D eigenvalue weighted by atomic mass is 10.1. The summed E-state index contributed by atoms with van der Waals surface area (Å²) in [5.74, 6) is 0. The first-order valence-corrected chi connectivity index (χ1v) is 5.54. The van der Waals surface area contributed by atoms with Gasteiger partial charge in [0.05, 0.1) is 4.92 Å². The van der Waals surface area contributed by atoms with Crippen LogP contribution in [-0.2, 0) is 6.42 Å². The van der Waals surface area contributed by atoms with E-state index in [2.05, 4.69) is 5.32 Å². The van der Waals surface area contributed by atoms with Crippen molar-refractivity contribution < 1.29 is 4.92 Å². The number of nitro benzene ring substituents is 1. The molecule has 0 spiro atoms. The van der Waals surface area contributed by atoms with E-state index >= 15 is 0 Å². The highest BCUT2D eigenvalue weighted by Gasteiger charge is 2.13. The highest BCUT2D eigenvalue weighted by Crippen LogP contribution is 2.22. The zero-order chi connectivity index (χ0) is 12.1. The molecular weight excluding hydrogens is 228 g/mol. The van der Waals surface area contributed by atoms with E-state index in [-0.39, 0.29) is 10.6 Å². The molecule has 0 saturated carbocycles. The number of halogens is 1. The Morgan fingerprint density at radius 2 is 2.19 bits per heavy atom. The van der Waals surface area contributed by atoms with Crippen molar-refractivity contribution in [2.45, 2.75) is 26.3 Å². The lowest BCUT2D eigenvalue weighted by Gasteiger charge is -2.08. The smallest absolute Gasteiger partial charge is 0.272 e. The fourth-order valence-electron chi connectivity index (χ4n) is 1.43. The molecule has 0 aliphatic rings. The lowest BCUT2D eigenvalue weighted by molar-refractivity contribution is -0.385. The van der Waals surface area contributed by atoms with E-state index in [0.717, 1.165) is 0 Å². The third-order valence-corrected chi connectivity index (χ3v) is 2.42.